The number of anilines is 1. The van der Waals surface area contributed by atoms with E-state index >= 15 is 0 Å². The van der Waals surface area contributed by atoms with Crippen molar-refractivity contribution < 1.29 is 4.79 Å². The first kappa shape index (κ1) is 16.2. The van der Waals surface area contributed by atoms with E-state index in [0.29, 0.717) is 17.5 Å². The number of pyridine rings is 1. The normalized spacial score (nSPS) is 23.1. The van der Waals surface area contributed by atoms with Gasteiger partial charge in [0.25, 0.3) is 5.91 Å². The molecular weight excluding hydrogens is 288 g/mol. The first-order valence-electron chi connectivity index (χ1n) is 8.80. The summed E-state index contributed by atoms with van der Waals surface area (Å²) in [6, 6.07) is 4.06. The summed E-state index contributed by atoms with van der Waals surface area (Å²) >= 11 is 0. The number of nitrogens with zero attached hydrogens (tertiary/aromatic N) is 3. The van der Waals surface area contributed by atoms with Gasteiger partial charge < -0.3 is 10.6 Å². The van der Waals surface area contributed by atoms with Crippen LogP contribution in [-0.2, 0) is 0 Å². The summed E-state index contributed by atoms with van der Waals surface area (Å²) in [5.74, 6) is 1.83. The van der Waals surface area contributed by atoms with Crippen LogP contribution in [0.2, 0.25) is 0 Å². The van der Waals surface area contributed by atoms with Gasteiger partial charge in [0.05, 0.1) is 5.56 Å². The van der Waals surface area contributed by atoms with Crippen molar-refractivity contribution in [3.8, 4) is 0 Å². The molecule has 0 radical (unpaired) electrons. The summed E-state index contributed by atoms with van der Waals surface area (Å²) in [6.45, 7) is 8.79. The Morgan fingerprint density at radius 1 is 1.39 bits per heavy atom. The number of aromatic nitrogens is 1. The molecule has 3 rings (SSSR count). The van der Waals surface area contributed by atoms with Gasteiger partial charge in [0.2, 0.25) is 0 Å². The smallest absolute Gasteiger partial charge is 0.252 e. The van der Waals surface area contributed by atoms with Crippen LogP contribution in [0.1, 0.15) is 43.5 Å². The van der Waals surface area contributed by atoms with E-state index < -0.39 is 5.91 Å². The lowest BCUT2D eigenvalue weighted by atomic mass is 10.0. The first-order chi connectivity index (χ1) is 11.1. The molecule has 0 bridgehead atoms. The van der Waals surface area contributed by atoms with Gasteiger partial charge in [-0.15, -0.1) is 0 Å². The van der Waals surface area contributed by atoms with Crippen LogP contribution in [0.15, 0.2) is 18.3 Å². The lowest BCUT2D eigenvalue weighted by Crippen LogP contribution is -2.45. The van der Waals surface area contributed by atoms with Crippen molar-refractivity contribution in [1.29, 1.82) is 0 Å². The monoisotopic (exact) mass is 316 g/mol. The highest BCUT2D eigenvalue weighted by atomic mass is 16.1. The number of nitrogens with two attached hydrogens (primary N) is 1. The summed E-state index contributed by atoms with van der Waals surface area (Å²) in [6.07, 6.45) is 5.62. The number of carbonyl (C=O) groups excluding carboxylic acids is 1. The van der Waals surface area contributed by atoms with E-state index in [9.17, 15) is 4.79 Å². The fraction of sp³-hybridized carbons (Fsp3) is 0.667. The van der Waals surface area contributed by atoms with Gasteiger partial charge in [0.15, 0.2) is 0 Å². The molecule has 1 aliphatic carbocycles. The molecule has 1 amide bonds. The molecule has 5 heteroatoms. The van der Waals surface area contributed by atoms with Gasteiger partial charge in [-0.1, -0.05) is 13.8 Å². The van der Waals surface area contributed by atoms with Crippen LogP contribution in [0, 0.1) is 11.8 Å². The van der Waals surface area contributed by atoms with Crippen molar-refractivity contribution in [3.63, 3.8) is 0 Å². The second-order valence-corrected chi connectivity index (χ2v) is 7.29. The molecule has 1 aromatic rings. The van der Waals surface area contributed by atoms with Crippen LogP contribution < -0.4 is 10.6 Å². The summed E-state index contributed by atoms with van der Waals surface area (Å²) in [7, 11) is 0. The number of rotatable bonds is 5. The highest BCUT2D eigenvalue weighted by Gasteiger charge is 2.33. The van der Waals surface area contributed by atoms with E-state index in [4.69, 9.17) is 5.73 Å². The standard InChI is InChI=1S/C18H28N4O/c1-13(2)16-12-22(10-4-9-21(16)11-14-6-7-14)18-15(17(19)23)5-3-8-20-18/h3,5,8,13-14,16H,4,6-7,9-12H2,1-2H3,(H2,19,23). The third-order valence-electron chi connectivity index (χ3n) is 5.06. The predicted octanol–water partition coefficient (Wildman–Crippen LogP) is 2.13. The average Bonchev–Trinajstić information content (AvgIpc) is 3.34. The maximum Gasteiger partial charge on any atom is 0.252 e. The molecule has 23 heavy (non-hydrogen) atoms. The van der Waals surface area contributed by atoms with Crippen LogP contribution >= 0.6 is 0 Å². The lowest BCUT2D eigenvalue weighted by Gasteiger charge is -2.35. The van der Waals surface area contributed by atoms with E-state index in [1.54, 1.807) is 18.3 Å². The van der Waals surface area contributed by atoms with Crippen molar-refractivity contribution >= 4 is 11.7 Å². The topological polar surface area (TPSA) is 62.5 Å². The molecule has 1 atom stereocenters. The van der Waals surface area contributed by atoms with Crippen molar-refractivity contribution in [1.82, 2.24) is 9.88 Å². The highest BCUT2D eigenvalue weighted by Crippen LogP contribution is 2.32. The van der Waals surface area contributed by atoms with Gasteiger partial charge >= 0.3 is 0 Å². The SMILES string of the molecule is CC(C)C1CN(c2ncccc2C(N)=O)CCCN1CC1CC1. The van der Waals surface area contributed by atoms with Gasteiger partial charge in [0.1, 0.15) is 5.82 Å². The lowest BCUT2D eigenvalue weighted by molar-refractivity contribution is 0.100. The molecule has 0 spiro atoms. The largest absolute Gasteiger partial charge is 0.365 e. The Morgan fingerprint density at radius 2 is 2.17 bits per heavy atom. The third kappa shape index (κ3) is 3.83. The Kier molecular flexibility index (Phi) is 4.85. The Bertz CT molecular complexity index is 556. The Morgan fingerprint density at radius 3 is 2.83 bits per heavy atom. The van der Waals surface area contributed by atoms with Gasteiger partial charge in [0, 0.05) is 38.4 Å². The predicted molar refractivity (Wildman–Crippen MR) is 92.5 cm³/mol. The zero-order valence-electron chi connectivity index (χ0n) is 14.2. The van der Waals surface area contributed by atoms with Crippen molar-refractivity contribution in [2.45, 2.75) is 39.2 Å². The summed E-state index contributed by atoms with van der Waals surface area (Å²) in [5.41, 5.74) is 6.07. The van der Waals surface area contributed by atoms with E-state index in [-0.39, 0.29) is 0 Å². The van der Waals surface area contributed by atoms with Crippen molar-refractivity contribution in [2.24, 2.45) is 17.6 Å². The summed E-state index contributed by atoms with van der Waals surface area (Å²) < 4.78 is 0. The average molecular weight is 316 g/mol. The van der Waals surface area contributed by atoms with Crippen LogP contribution in [-0.4, -0.2) is 48.0 Å². The second kappa shape index (κ2) is 6.87. The molecule has 1 unspecified atom stereocenters. The van der Waals surface area contributed by atoms with E-state index in [1.807, 2.05) is 0 Å². The molecule has 2 heterocycles. The summed E-state index contributed by atoms with van der Waals surface area (Å²) in [4.78, 5) is 21.1. The Balaban J connectivity index is 1.82. The van der Waals surface area contributed by atoms with Crippen LogP contribution in [0.25, 0.3) is 0 Å². The number of hydrogen-bond donors (Lipinski definition) is 1. The van der Waals surface area contributed by atoms with E-state index in [1.165, 1.54) is 19.4 Å². The molecule has 2 fully saturated rings. The summed E-state index contributed by atoms with van der Waals surface area (Å²) in [5, 5.41) is 0. The third-order valence-corrected chi connectivity index (χ3v) is 5.06. The molecule has 0 aromatic carbocycles. The van der Waals surface area contributed by atoms with E-state index in [2.05, 4.69) is 28.6 Å². The molecule has 2 N–H and O–H groups in total. The molecule has 1 saturated heterocycles. The quantitative estimate of drug-likeness (QED) is 0.904. The number of carbonyl (C=O) groups is 1. The molecule has 5 nitrogen and oxygen atoms in total. The maximum absolute atomic E-state index is 11.7. The zero-order valence-corrected chi connectivity index (χ0v) is 14.2. The van der Waals surface area contributed by atoms with Gasteiger partial charge in [-0.3, -0.25) is 9.69 Å². The first-order valence-corrected chi connectivity index (χ1v) is 8.80. The molecule has 1 aliphatic heterocycles. The molecule has 1 saturated carbocycles. The van der Waals surface area contributed by atoms with Crippen molar-refractivity contribution in [2.75, 3.05) is 31.1 Å². The Hall–Kier alpha value is -1.62. The minimum Gasteiger partial charge on any atom is -0.365 e. The van der Waals surface area contributed by atoms with Gasteiger partial charge in [-0.25, -0.2) is 4.98 Å². The second-order valence-electron chi connectivity index (χ2n) is 7.29. The Labute approximate surface area is 138 Å². The fourth-order valence-corrected chi connectivity index (χ4v) is 3.59. The molecular formula is C18H28N4O. The van der Waals surface area contributed by atoms with Gasteiger partial charge in [-0.2, -0.15) is 0 Å². The molecule has 126 valence electrons. The molecule has 2 aliphatic rings. The van der Waals surface area contributed by atoms with Crippen LogP contribution in [0.3, 0.4) is 0 Å². The molecule has 1 aromatic heterocycles. The highest BCUT2D eigenvalue weighted by molar-refractivity contribution is 5.97. The fourth-order valence-electron chi connectivity index (χ4n) is 3.59. The minimum absolute atomic E-state index is 0.395. The van der Waals surface area contributed by atoms with Gasteiger partial charge in [-0.05, 0) is 43.2 Å². The van der Waals surface area contributed by atoms with Crippen LogP contribution in [0.5, 0.6) is 0 Å². The van der Waals surface area contributed by atoms with Crippen molar-refractivity contribution in [3.05, 3.63) is 23.9 Å². The van der Waals surface area contributed by atoms with Crippen LogP contribution in [0.4, 0.5) is 5.82 Å². The maximum atomic E-state index is 11.7. The minimum atomic E-state index is -0.395. The zero-order chi connectivity index (χ0) is 16.4. The van der Waals surface area contributed by atoms with E-state index in [0.717, 1.165) is 37.8 Å². The number of amides is 1. The number of hydrogen-bond acceptors (Lipinski definition) is 4. The number of primary amides is 1.